The smallest absolute Gasteiger partial charge is 0.255 e. The van der Waals surface area contributed by atoms with Crippen LogP contribution >= 0.6 is 23.4 Å². The van der Waals surface area contributed by atoms with Crippen LogP contribution in [0.5, 0.6) is 0 Å². The van der Waals surface area contributed by atoms with Crippen LogP contribution in [0.25, 0.3) is 0 Å². The highest BCUT2D eigenvalue weighted by atomic mass is 35.5. The number of rotatable bonds is 11. The fourth-order valence-corrected chi connectivity index (χ4v) is 10.6. The van der Waals surface area contributed by atoms with Gasteiger partial charge >= 0.3 is 0 Å². The molecule has 2 heterocycles. The number of fused-ring (bicyclic) bond motifs is 1. The van der Waals surface area contributed by atoms with E-state index < -0.39 is 6.04 Å². The van der Waals surface area contributed by atoms with Gasteiger partial charge in [0, 0.05) is 28.3 Å². The van der Waals surface area contributed by atoms with Crippen LogP contribution in [0.15, 0.2) is 23.1 Å². The normalized spacial score (nSPS) is 33.7. The minimum absolute atomic E-state index is 0.0910. The maximum atomic E-state index is 13.0. The second kappa shape index (κ2) is 10.8. The Labute approximate surface area is 236 Å². The molecule has 6 aliphatic rings. The fourth-order valence-electron chi connectivity index (χ4n) is 8.81. The maximum Gasteiger partial charge on any atom is 0.255 e. The van der Waals surface area contributed by atoms with Crippen LogP contribution in [0.4, 0.5) is 0 Å². The first-order valence-corrected chi connectivity index (χ1v) is 16.3. The van der Waals surface area contributed by atoms with E-state index in [1.165, 1.54) is 83.5 Å². The molecule has 206 valence electrons. The highest BCUT2D eigenvalue weighted by Crippen LogP contribution is 2.65. The fraction of sp³-hybridized carbons (Fsp3) is 0.710. The Morgan fingerprint density at radius 3 is 2.45 bits per heavy atom. The van der Waals surface area contributed by atoms with E-state index in [4.69, 9.17) is 11.6 Å². The lowest BCUT2D eigenvalue weighted by Crippen LogP contribution is -2.52. The third kappa shape index (κ3) is 5.41. The molecule has 0 aromatic heterocycles. The van der Waals surface area contributed by atoms with E-state index in [2.05, 4.69) is 11.4 Å². The molecule has 1 aromatic rings. The Bertz CT molecular complexity index is 1090. The summed E-state index contributed by atoms with van der Waals surface area (Å²) in [5, 5.41) is 2.38. The van der Waals surface area contributed by atoms with Crippen molar-refractivity contribution in [3.63, 3.8) is 0 Å². The molecule has 3 unspecified atom stereocenters. The number of piperidine rings is 1. The van der Waals surface area contributed by atoms with Crippen molar-refractivity contribution in [3.05, 3.63) is 29.3 Å². The van der Waals surface area contributed by atoms with Crippen LogP contribution in [0.2, 0.25) is 0 Å². The molecule has 7 heteroatoms. The van der Waals surface area contributed by atoms with E-state index in [-0.39, 0.29) is 29.0 Å². The van der Waals surface area contributed by atoms with Crippen molar-refractivity contribution >= 4 is 41.1 Å². The molecule has 3 atom stereocenters. The van der Waals surface area contributed by atoms with Crippen molar-refractivity contribution in [3.8, 4) is 0 Å². The second-order valence-corrected chi connectivity index (χ2v) is 15.0. The summed E-state index contributed by atoms with van der Waals surface area (Å²) in [5.74, 6) is 2.18. The Morgan fingerprint density at radius 1 is 0.974 bits per heavy atom. The number of amides is 3. The van der Waals surface area contributed by atoms with Gasteiger partial charge in [-0.05, 0) is 98.5 Å². The molecule has 5 nitrogen and oxygen atoms in total. The van der Waals surface area contributed by atoms with E-state index in [9.17, 15) is 14.4 Å². The lowest BCUT2D eigenvalue weighted by atomic mass is 9.48. The molecule has 0 radical (unpaired) electrons. The molecule has 7 rings (SSSR count). The standard InChI is InChI=1S/C31H41ClN2O3S/c32-31-17-21-14-22(18-31)16-30(15-21,20-31)12-5-3-1-2-4-6-13-38-26-9-7-8-23-24(26)19-34(29(23)37)25-10-11-27(35)33-28(25)36/h7-9,21-22,25H,1-6,10-20H2,(H,33,35,36). The molecular weight excluding hydrogens is 516 g/mol. The number of unbranched alkanes of at least 4 members (excludes halogenated alkanes) is 5. The number of alkyl halides is 1. The number of nitrogens with zero attached hydrogens (tertiary/aromatic N) is 1. The van der Waals surface area contributed by atoms with Gasteiger partial charge in [-0.3, -0.25) is 19.7 Å². The summed E-state index contributed by atoms with van der Waals surface area (Å²) in [6, 6.07) is 5.36. The largest absolute Gasteiger partial charge is 0.322 e. The number of imide groups is 1. The van der Waals surface area contributed by atoms with Crippen molar-refractivity contribution in [2.75, 3.05) is 5.75 Å². The minimum atomic E-state index is -0.551. The number of hydrogen-bond donors (Lipinski definition) is 1. The Hall–Kier alpha value is -1.53. The number of carbonyl (C=O) groups excluding carboxylic acids is 3. The summed E-state index contributed by atoms with van der Waals surface area (Å²) >= 11 is 8.85. The quantitative estimate of drug-likeness (QED) is 0.140. The van der Waals surface area contributed by atoms with Gasteiger partial charge < -0.3 is 4.90 Å². The van der Waals surface area contributed by atoms with Crippen molar-refractivity contribution in [1.29, 1.82) is 0 Å². The summed E-state index contributed by atoms with van der Waals surface area (Å²) in [5.41, 5.74) is 2.32. The van der Waals surface area contributed by atoms with Gasteiger partial charge in [-0.2, -0.15) is 0 Å². The zero-order valence-corrected chi connectivity index (χ0v) is 24.0. The van der Waals surface area contributed by atoms with Gasteiger partial charge in [0.05, 0.1) is 0 Å². The predicted molar refractivity (Wildman–Crippen MR) is 151 cm³/mol. The molecule has 2 aliphatic heterocycles. The van der Waals surface area contributed by atoms with Gasteiger partial charge in [-0.1, -0.05) is 38.2 Å². The first-order valence-electron chi connectivity index (χ1n) is 14.9. The topological polar surface area (TPSA) is 66.5 Å². The Kier molecular flexibility index (Phi) is 7.58. The Morgan fingerprint density at radius 2 is 1.71 bits per heavy atom. The minimum Gasteiger partial charge on any atom is -0.322 e. The van der Waals surface area contributed by atoms with Crippen molar-refractivity contribution < 1.29 is 14.4 Å². The second-order valence-electron chi connectivity index (χ2n) is 13.0. The molecular formula is C31H41ClN2O3S. The van der Waals surface area contributed by atoms with E-state index in [0.29, 0.717) is 23.9 Å². The highest BCUT2D eigenvalue weighted by Gasteiger charge is 2.56. The average Bonchev–Trinajstić information content (AvgIpc) is 3.18. The molecule has 1 saturated heterocycles. The third-order valence-corrected chi connectivity index (χ3v) is 11.6. The number of nitrogens with one attached hydrogen (secondary N) is 1. The number of thioether (sulfide) groups is 1. The number of benzene rings is 1. The van der Waals surface area contributed by atoms with Crippen molar-refractivity contribution in [2.45, 2.75) is 119 Å². The zero-order valence-electron chi connectivity index (χ0n) is 22.4. The molecule has 5 fully saturated rings. The number of carbonyl (C=O) groups is 3. The summed E-state index contributed by atoms with van der Waals surface area (Å²) in [6.45, 7) is 0.456. The van der Waals surface area contributed by atoms with Gasteiger partial charge in [0.25, 0.3) is 5.91 Å². The monoisotopic (exact) mass is 556 g/mol. The first kappa shape index (κ1) is 26.7. The molecule has 4 aliphatic carbocycles. The van der Waals surface area contributed by atoms with Crippen LogP contribution in [0, 0.1) is 17.3 Å². The molecule has 4 saturated carbocycles. The number of hydrogen-bond acceptors (Lipinski definition) is 4. The summed E-state index contributed by atoms with van der Waals surface area (Å²) in [7, 11) is 0. The van der Waals surface area contributed by atoms with Gasteiger partial charge in [0.2, 0.25) is 11.8 Å². The van der Waals surface area contributed by atoms with Crippen LogP contribution in [-0.2, 0) is 16.1 Å². The number of halogens is 1. The molecule has 1 aromatic carbocycles. The SMILES string of the molecule is O=C1CCC(N2Cc3c(SCCCCCCCCC45CC6CC(CC(Cl)(C6)C4)C5)cccc3C2=O)C(=O)N1. The van der Waals surface area contributed by atoms with Crippen LogP contribution in [-0.4, -0.2) is 39.3 Å². The average molecular weight is 557 g/mol. The highest BCUT2D eigenvalue weighted by molar-refractivity contribution is 7.99. The predicted octanol–water partition coefficient (Wildman–Crippen LogP) is 6.85. The molecule has 38 heavy (non-hydrogen) atoms. The maximum absolute atomic E-state index is 13.0. The van der Waals surface area contributed by atoms with Gasteiger partial charge in [0.1, 0.15) is 6.04 Å². The first-order chi connectivity index (χ1) is 18.3. The van der Waals surface area contributed by atoms with Crippen molar-refractivity contribution in [2.24, 2.45) is 17.3 Å². The van der Waals surface area contributed by atoms with Gasteiger partial charge in [-0.25, -0.2) is 0 Å². The lowest BCUT2D eigenvalue weighted by Gasteiger charge is -2.60. The van der Waals surface area contributed by atoms with E-state index in [0.717, 1.165) is 28.0 Å². The summed E-state index contributed by atoms with van der Waals surface area (Å²) in [6.07, 6.45) is 18.1. The molecule has 4 bridgehead atoms. The van der Waals surface area contributed by atoms with Crippen molar-refractivity contribution in [1.82, 2.24) is 10.2 Å². The van der Waals surface area contributed by atoms with Crippen LogP contribution in [0.3, 0.4) is 0 Å². The molecule has 0 spiro atoms. The third-order valence-electron chi connectivity index (χ3n) is 10.0. The molecule has 3 amide bonds. The van der Waals surface area contributed by atoms with Crippen LogP contribution in [0.1, 0.15) is 112 Å². The Balaban J connectivity index is 0.899. The van der Waals surface area contributed by atoms with Gasteiger partial charge in [-0.15, -0.1) is 23.4 Å². The lowest BCUT2D eigenvalue weighted by molar-refractivity contribution is -0.136. The van der Waals surface area contributed by atoms with E-state index in [1.54, 1.807) is 4.90 Å². The van der Waals surface area contributed by atoms with Crippen LogP contribution < -0.4 is 5.32 Å². The van der Waals surface area contributed by atoms with E-state index >= 15 is 0 Å². The molecule has 1 N–H and O–H groups in total. The van der Waals surface area contributed by atoms with E-state index in [1.807, 2.05) is 23.9 Å². The zero-order chi connectivity index (χ0) is 26.3. The summed E-state index contributed by atoms with van der Waals surface area (Å²) in [4.78, 5) is 39.8. The van der Waals surface area contributed by atoms with Gasteiger partial charge in [0.15, 0.2) is 0 Å². The summed E-state index contributed by atoms with van der Waals surface area (Å²) < 4.78 is 0.